The van der Waals surface area contributed by atoms with Crippen molar-refractivity contribution >= 4 is 11.6 Å². The van der Waals surface area contributed by atoms with Crippen LogP contribution in [-0.4, -0.2) is 14.1 Å². The smallest absolute Gasteiger partial charge is 0.265 e. The maximum absolute atomic E-state index is 4.94. The van der Waals surface area contributed by atoms with E-state index in [2.05, 4.69) is 20.5 Å². The molecule has 0 radical (unpaired) electrons. The topological polar surface area (TPSA) is 62.6 Å². The third-order valence-corrected chi connectivity index (χ3v) is 1.02. The standard InChI is InChI=1S/C6H8N4O/c1-7-9-5-3-4-11-6(5)10-8-2/h3-4H,1-2H3/b9-7-,10-8-. The fraction of sp³-hybridized carbons (Fsp3) is 0.333. The Morgan fingerprint density at radius 1 is 1.18 bits per heavy atom. The van der Waals surface area contributed by atoms with E-state index in [-0.39, 0.29) is 0 Å². The molecule has 0 aliphatic carbocycles. The van der Waals surface area contributed by atoms with Gasteiger partial charge in [0, 0.05) is 20.2 Å². The number of nitrogens with zero attached hydrogens (tertiary/aromatic N) is 4. The van der Waals surface area contributed by atoms with E-state index in [0.29, 0.717) is 11.6 Å². The lowest BCUT2D eigenvalue weighted by molar-refractivity contribution is 0.572. The number of hydrogen-bond acceptors (Lipinski definition) is 5. The monoisotopic (exact) mass is 152 g/mol. The first kappa shape index (κ1) is 7.59. The highest BCUT2D eigenvalue weighted by atomic mass is 16.3. The molecule has 0 fully saturated rings. The lowest BCUT2D eigenvalue weighted by Gasteiger charge is -1.83. The maximum atomic E-state index is 4.94. The summed E-state index contributed by atoms with van der Waals surface area (Å²) in [6.07, 6.45) is 1.49. The highest BCUT2D eigenvalue weighted by Crippen LogP contribution is 2.28. The van der Waals surface area contributed by atoms with Gasteiger partial charge in [-0.1, -0.05) is 0 Å². The predicted octanol–water partition coefficient (Wildman–Crippen LogP) is 2.71. The zero-order chi connectivity index (χ0) is 8.10. The summed E-state index contributed by atoms with van der Waals surface area (Å²) >= 11 is 0. The molecule has 1 rings (SSSR count). The summed E-state index contributed by atoms with van der Waals surface area (Å²) in [5.41, 5.74) is 0.595. The van der Waals surface area contributed by atoms with Gasteiger partial charge in [0.1, 0.15) is 0 Å². The fourth-order valence-corrected chi connectivity index (χ4v) is 0.644. The van der Waals surface area contributed by atoms with E-state index in [1.807, 2.05) is 0 Å². The van der Waals surface area contributed by atoms with Crippen molar-refractivity contribution in [3.05, 3.63) is 12.3 Å². The molecule has 0 bridgehead atoms. The molecule has 0 amide bonds. The SMILES string of the molecule is C/N=N\c1ccoc1/N=N\C. The van der Waals surface area contributed by atoms with Crippen molar-refractivity contribution in [1.82, 2.24) is 0 Å². The van der Waals surface area contributed by atoms with Crippen LogP contribution in [0.5, 0.6) is 0 Å². The van der Waals surface area contributed by atoms with Crippen molar-refractivity contribution < 1.29 is 4.42 Å². The van der Waals surface area contributed by atoms with Gasteiger partial charge in [0.2, 0.25) is 0 Å². The molecule has 0 N–H and O–H groups in total. The second-order valence-electron chi connectivity index (χ2n) is 1.71. The highest BCUT2D eigenvalue weighted by molar-refractivity contribution is 5.53. The minimum atomic E-state index is 0.387. The molecule has 11 heavy (non-hydrogen) atoms. The normalized spacial score (nSPS) is 11.8. The van der Waals surface area contributed by atoms with E-state index in [9.17, 15) is 0 Å². The summed E-state index contributed by atoms with van der Waals surface area (Å²) in [7, 11) is 3.15. The molecule has 1 heterocycles. The first-order valence-electron chi connectivity index (χ1n) is 3.05. The van der Waals surface area contributed by atoms with Gasteiger partial charge in [-0.05, 0) is 0 Å². The Labute approximate surface area is 63.8 Å². The van der Waals surface area contributed by atoms with E-state index in [4.69, 9.17) is 4.42 Å². The van der Waals surface area contributed by atoms with E-state index >= 15 is 0 Å². The Balaban J connectivity index is 2.95. The Hall–Kier alpha value is -1.52. The zero-order valence-corrected chi connectivity index (χ0v) is 6.35. The molecular weight excluding hydrogens is 144 g/mol. The number of furan rings is 1. The van der Waals surface area contributed by atoms with E-state index < -0.39 is 0 Å². The van der Waals surface area contributed by atoms with Crippen molar-refractivity contribution in [3.8, 4) is 0 Å². The summed E-state index contributed by atoms with van der Waals surface area (Å²) in [5.74, 6) is 0.387. The molecule has 1 aromatic rings. The molecule has 0 atom stereocenters. The number of rotatable bonds is 2. The minimum absolute atomic E-state index is 0.387. The van der Waals surface area contributed by atoms with Crippen LogP contribution >= 0.6 is 0 Å². The molecule has 0 saturated carbocycles. The summed E-state index contributed by atoms with van der Waals surface area (Å²) in [5, 5.41) is 14.6. The van der Waals surface area contributed by atoms with Crippen molar-refractivity contribution in [1.29, 1.82) is 0 Å². The average molecular weight is 152 g/mol. The van der Waals surface area contributed by atoms with Gasteiger partial charge in [-0.3, -0.25) is 0 Å². The second kappa shape index (κ2) is 3.60. The largest absolute Gasteiger partial charge is 0.444 e. The van der Waals surface area contributed by atoms with E-state index in [1.165, 1.54) is 6.26 Å². The van der Waals surface area contributed by atoms with Crippen molar-refractivity contribution in [2.75, 3.05) is 14.1 Å². The van der Waals surface area contributed by atoms with Gasteiger partial charge in [0.25, 0.3) is 5.88 Å². The quantitative estimate of drug-likeness (QED) is 0.601. The van der Waals surface area contributed by atoms with E-state index in [1.54, 1.807) is 20.2 Å². The van der Waals surface area contributed by atoms with E-state index in [0.717, 1.165) is 0 Å². The Morgan fingerprint density at radius 3 is 2.55 bits per heavy atom. The van der Waals surface area contributed by atoms with Crippen LogP contribution in [0.1, 0.15) is 0 Å². The maximum Gasteiger partial charge on any atom is 0.265 e. The summed E-state index contributed by atoms with van der Waals surface area (Å²) in [4.78, 5) is 0. The lowest BCUT2D eigenvalue weighted by atomic mass is 10.5. The molecule has 0 aromatic carbocycles. The van der Waals surface area contributed by atoms with Crippen LogP contribution in [0.3, 0.4) is 0 Å². The average Bonchev–Trinajstić information content (AvgIpc) is 2.39. The molecule has 0 spiro atoms. The Bertz CT molecular complexity index is 249. The summed E-state index contributed by atoms with van der Waals surface area (Å²) in [6.45, 7) is 0. The van der Waals surface area contributed by atoms with Crippen LogP contribution in [0.15, 0.2) is 37.2 Å². The van der Waals surface area contributed by atoms with Crippen LogP contribution in [-0.2, 0) is 0 Å². The van der Waals surface area contributed by atoms with Crippen LogP contribution < -0.4 is 0 Å². The molecule has 5 heteroatoms. The summed E-state index contributed by atoms with van der Waals surface area (Å²) < 4.78 is 4.94. The molecule has 0 saturated heterocycles. The predicted molar refractivity (Wildman–Crippen MR) is 39.6 cm³/mol. The second-order valence-corrected chi connectivity index (χ2v) is 1.71. The van der Waals surface area contributed by atoms with Gasteiger partial charge in [-0.15, -0.1) is 5.11 Å². The first-order chi connectivity index (χ1) is 5.38. The van der Waals surface area contributed by atoms with Crippen LogP contribution in [0.25, 0.3) is 0 Å². The minimum Gasteiger partial charge on any atom is -0.444 e. The van der Waals surface area contributed by atoms with Crippen LogP contribution in [0.4, 0.5) is 11.6 Å². The molecule has 0 unspecified atom stereocenters. The van der Waals surface area contributed by atoms with Gasteiger partial charge in [-0.25, -0.2) is 0 Å². The summed E-state index contributed by atoms with van der Waals surface area (Å²) in [6, 6.07) is 1.68. The van der Waals surface area contributed by atoms with Gasteiger partial charge in [0.05, 0.1) is 6.26 Å². The van der Waals surface area contributed by atoms with Crippen LogP contribution in [0.2, 0.25) is 0 Å². The third-order valence-electron chi connectivity index (χ3n) is 1.02. The zero-order valence-electron chi connectivity index (χ0n) is 6.35. The van der Waals surface area contributed by atoms with Crippen molar-refractivity contribution in [2.24, 2.45) is 20.5 Å². The molecule has 1 aromatic heterocycles. The first-order valence-corrected chi connectivity index (χ1v) is 3.05. The van der Waals surface area contributed by atoms with Crippen molar-refractivity contribution in [2.45, 2.75) is 0 Å². The van der Waals surface area contributed by atoms with Gasteiger partial charge in [0.15, 0.2) is 5.69 Å². The molecule has 58 valence electrons. The van der Waals surface area contributed by atoms with Crippen molar-refractivity contribution in [3.63, 3.8) is 0 Å². The van der Waals surface area contributed by atoms with Gasteiger partial charge in [-0.2, -0.15) is 15.3 Å². The Kier molecular flexibility index (Phi) is 2.48. The molecule has 0 aliphatic rings. The highest BCUT2D eigenvalue weighted by Gasteiger charge is 2.01. The third kappa shape index (κ3) is 1.70. The van der Waals surface area contributed by atoms with Crippen LogP contribution in [0, 0.1) is 0 Å². The molecular formula is C6H8N4O. The molecule has 0 aliphatic heterocycles. The molecule has 5 nitrogen and oxygen atoms in total. The van der Waals surface area contributed by atoms with Gasteiger partial charge >= 0.3 is 0 Å². The Morgan fingerprint density at radius 2 is 1.91 bits per heavy atom. The number of hydrogen-bond donors (Lipinski definition) is 0. The van der Waals surface area contributed by atoms with Gasteiger partial charge < -0.3 is 4.42 Å². The number of azo groups is 2. The lowest BCUT2D eigenvalue weighted by Crippen LogP contribution is -1.55. The fourth-order valence-electron chi connectivity index (χ4n) is 0.644.